The summed E-state index contributed by atoms with van der Waals surface area (Å²) < 4.78 is 0. The molecule has 0 aliphatic rings. The van der Waals surface area contributed by atoms with Crippen LogP contribution in [-0.4, -0.2) is 45.1 Å². The lowest BCUT2D eigenvalue weighted by atomic mass is 10.2. The third kappa shape index (κ3) is 6.05. The summed E-state index contributed by atoms with van der Waals surface area (Å²) in [6.07, 6.45) is 5.22. The molecular formula is C11H16N4O3S. The molecule has 0 fully saturated rings. The molecule has 0 radical (unpaired) electrons. The zero-order chi connectivity index (χ0) is 14.1. The molecule has 1 rings (SSSR count). The van der Waals surface area contributed by atoms with Gasteiger partial charge < -0.3 is 15.7 Å². The second-order valence-electron chi connectivity index (χ2n) is 3.70. The van der Waals surface area contributed by atoms with Crippen molar-refractivity contribution in [1.82, 2.24) is 20.6 Å². The van der Waals surface area contributed by atoms with Crippen LogP contribution in [-0.2, 0) is 11.3 Å². The molecule has 0 saturated heterocycles. The summed E-state index contributed by atoms with van der Waals surface area (Å²) in [6.45, 7) is 0.225. The van der Waals surface area contributed by atoms with Crippen molar-refractivity contribution in [3.05, 3.63) is 24.3 Å². The van der Waals surface area contributed by atoms with Gasteiger partial charge in [0.05, 0.1) is 12.2 Å². The maximum Gasteiger partial charge on any atom is 0.326 e. The first-order valence-corrected chi connectivity index (χ1v) is 7.04. The number of carboxylic acid groups (broad SMARTS) is 1. The number of nitrogens with zero attached hydrogens (tertiary/aromatic N) is 2. The Morgan fingerprint density at radius 2 is 2.32 bits per heavy atom. The topological polar surface area (TPSA) is 104 Å². The molecule has 0 bridgehead atoms. The van der Waals surface area contributed by atoms with E-state index in [0.717, 1.165) is 0 Å². The number of thioether (sulfide) groups is 1. The molecular weight excluding hydrogens is 268 g/mol. The second kappa shape index (κ2) is 8.30. The van der Waals surface area contributed by atoms with Crippen LogP contribution < -0.4 is 10.6 Å². The van der Waals surface area contributed by atoms with Crippen LogP contribution in [0.5, 0.6) is 0 Å². The van der Waals surface area contributed by atoms with Crippen molar-refractivity contribution in [3.8, 4) is 0 Å². The van der Waals surface area contributed by atoms with Crippen LogP contribution in [0.1, 0.15) is 12.1 Å². The van der Waals surface area contributed by atoms with Gasteiger partial charge in [0.1, 0.15) is 12.4 Å². The first kappa shape index (κ1) is 15.2. The number of urea groups is 1. The largest absolute Gasteiger partial charge is 0.480 e. The van der Waals surface area contributed by atoms with E-state index in [2.05, 4.69) is 20.6 Å². The van der Waals surface area contributed by atoms with Crippen LogP contribution in [0.4, 0.5) is 4.79 Å². The molecule has 3 N–H and O–H groups in total. The number of hydrogen-bond donors (Lipinski definition) is 3. The number of carboxylic acids is 1. The molecule has 8 heteroatoms. The third-order valence-corrected chi connectivity index (χ3v) is 2.93. The molecule has 0 aliphatic carbocycles. The highest BCUT2D eigenvalue weighted by Gasteiger charge is 2.18. The van der Waals surface area contributed by atoms with Gasteiger partial charge in [0.25, 0.3) is 0 Å². The Balaban J connectivity index is 2.38. The minimum Gasteiger partial charge on any atom is -0.480 e. The minimum atomic E-state index is -1.04. The zero-order valence-corrected chi connectivity index (χ0v) is 11.3. The highest BCUT2D eigenvalue weighted by atomic mass is 32.2. The molecule has 19 heavy (non-hydrogen) atoms. The summed E-state index contributed by atoms with van der Waals surface area (Å²) in [6, 6.07) is 0.271. The maximum absolute atomic E-state index is 11.6. The van der Waals surface area contributed by atoms with Crippen molar-refractivity contribution in [1.29, 1.82) is 0 Å². The zero-order valence-electron chi connectivity index (χ0n) is 10.5. The lowest BCUT2D eigenvalue weighted by Crippen LogP contribution is -2.46. The second-order valence-corrected chi connectivity index (χ2v) is 4.69. The Bertz CT molecular complexity index is 416. The van der Waals surface area contributed by atoms with Crippen molar-refractivity contribution in [3.63, 3.8) is 0 Å². The Kier molecular flexibility index (Phi) is 6.65. The van der Waals surface area contributed by atoms with E-state index in [9.17, 15) is 9.59 Å². The van der Waals surface area contributed by atoms with Gasteiger partial charge in [-0.1, -0.05) is 0 Å². The van der Waals surface area contributed by atoms with Crippen molar-refractivity contribution < 1.29 is 14.7 Å². The number of carbonyl (C=O) groups excluding carboxylic acids is 1. The molecule has 1 aromatic heterocycles. The predicted octanol–water partition coefficient (Wildman–Crippen LogP) is 0.482. The monoisotopic (exact) mass is 284 g/mol. The summed E-state index contributed by atoms with van der Waals surface area (Å²) >= 11 is 1.53. The van der Waals surface area contributed by atoms with Crippen molar-refractivity contribution >= 4 is 23.8 Å². The molecule has 0 aromatic carbocycles. The van der Waals surface area contributed by atoms with Gasteiger partial charge >= 0.3 is 12.0 Å². The first-order valence-electron chi connectivity index (χ1n) is 5.64. The van der Waals surface area contributed by atoms with E-state index in [4.69, 9.17) is 5.11 Å². The van der Waals surface area contributed by atoms with E-state index in [0.29, 0.717) is 17.9 Å². The number of nitrogens with one attached hydrogen (secondary N) is 2. The Labute approximate surface area is 115 Å². The van der Waals surface area contributed by atoms with Gasteiger partial charge in [0.15, 0.2) is 0 Å². The van der Waals surface area contributed by atoms with E-state index >= 15 is 0 Å². The van der Waals surface area contributed by atoms with Crippen LogP contribution in [0.2, 0.25) is 0 Å². The van der Waals surface area contributed by atoms with Crippen molar-refractivity contribution in [2.45, 2.75) is 19.0 Å². The number of aliphatic carboxylic acids is 1. The highest BCUT2D eigenvalue weighted by molar-refractivity contribution is 7.98. The molecule has 0 aliphatic heterocycles. The number of rotatable bonds is 7. The predicted molar refractivity (Wildman–Crippen MR) is 71.8 cm³/mol. The SMILES string of the molecule is CSCC[C@H](NC(=O)NCc1ccncn1)C(=O)O. The summed E-state index contributed by atoms with van der Waals surface area (Å²) in [7, 11) is 0. The van der Waals surface area contributed by atoms with Gasteiger partial charge in [0.2, 0.25) is 0 Å². The number of amides is 2. The Hall–Kier alpha value is -1.83. The third-order valence-electron chi connectivity index (χ3n) is 2.29. The summed E-state index contributed by atoms with van der Waals surface area (Å²) in [5.74, 6) is -0.366. The fourth-order valence-electron chi connectivity index (χ4n) is 1.30. The van der Waals surface area contributed by atoms with E-state index in [1.807, 2.05) is 6.26 Å². The van der Waals surface area contributed by atoms with Crippen LogP contribution >= 0.6 is 11.8 Å². The summed E-state index contributed by atoms with van der Waals surface area (Å²) in [4.78, 5) is 30.2. The molecule has 104 valence electrons. The molecule has 1 heterocycles. The van der Waals surface area contributed by atoms with Crippen LogP contribution in [0.25, 0.3) is 0 Å². The minimum absolute atomic E-state index is 0.225. The van der Waals surface area contributed by atoms with E-state index in [-0.39, 0.29) is 6.54 Å². The molecule has 0 spiro atoms. The molecule has 0 unspecified atom stereocenters. The molecule has 0 saturated carbocycles. The standard InChI is InChI=1S/C11H16N4O3S/c1-19-5-3-9(10(16)17)15-11(18)13-6-8-2-4-12-7-14-8/h2,4,7,9H,3,5-6H2,1H3,(H,16,17)(H2,13,15,18)/t9-/m0/s1. The van der Waals surface area contributed by atoms with Gasteiger partial charge in [-0.05, 0) is 24.5 Å². The van der Waals surface area contributed by atoms with Gasteiger partial charge in [-0.15, -0.1) is 0 Å². The average molecular weight is 284 g/mol. The maximum atomic E-state index is 11.6. The van der Waals surface area contributed by atoms with Crippen LogP contribution in [0.3, 0.4) is 0 Å². The lowest BCUT2D eigenvalue weighted by molar-refractivity contribution is -0.139. The smallest absolute Gasteiger partial charge is 0.326 e. The Morgan fingerprint density at radius 3 is 2.89 bits per heavy atom. The fraction of sp³-hybridized carbons (Fsp3) is 0.455. The van der Waals surface area contributed by atoms with Gasteiger partial charge in [0, 0.05) is 6.20 Å². The normalized spacial score (nSPS) is 11.6. The first-order chi connectivity index (χ1) is 9.13. The molecule has 1 atom stereocenters. The Morgan fingerprint density at radius 1 is 1.53 bits per heavy atom. The number of aromatic nitrogens is 2. The highest BCUT2D eigenvalue weighted by Crippen LogP contribution is 2.01. The quantitative estimate of drug-likeness (QED) is 0.673. The number of hydrogen-bond acceptors (Lipinski definition) is 5. The van der Waals surface area contributed by atoms with Crippen LogP contribution in [0, 0.1) is 0 Å². The lowest BCUT2D eigenvalue weighted by Gasteiger charge is -2.14. The average Bonchev–Trinajstić information content (AvgIpc) is 2.42. The van der Waals surface area contributed by atoms with Crippen LogP contribution in [0.15, 0.2) is 18.6 Å². The van der Waals surface area contributed by atoms with Crippen molar-refractivity contribution in [2.75, 3.05) is 12.0 Å². The summed E-state index contributed by atoms with van der Waals surface area (Å²) in [5, 5.41) is 13.9. The van der Waals surface area contributed by atoms with Gasteiger partial charge in [-0.2, -0.15) is 11.8 Å². The molecule has 1 aromatic rings. The van der Waals surface area contributed by atoms with Gasteiger partial charge in [-0.25, -0.2) is 19.6 Å². The van der Waals surface area contributed by atoms with E-state index < -0.39 is 18.0 Å². The number of carbonyl (C=O) groups is 2. The fourth-order valence-corrected chi connectivity index (χ4v) is 1.77. The van der Waals surface area contributed by atoms with E-state index in [1.165, 1.54) is 18.1 Å². The van der Waals surface area contributed by atoms with Gasteiger partial charge in [-0.3, -0.25) is 0 Å². The van der Waals surface area contributed by atoms with E-state index in [1.54, 1.807) is 12.3 Å². The molecule has 2 amide bonds. The molecule has 7 nitrogen and oxygen atoms in total. The van der Waals surface area contributed by atoms with Crippen molar-refractivity contribution in [2.24, 2.45) is 0 Å². The summed E-state index contributed by atoms with van der Waals surface area (Å²) in [5.41, 5.74) is 0.654.